The molecule has 1 aromatic rings. The van der Waals surface area contributed by atoms with Gasteiger partial charge in [0.15, 0.2) is 0 Å². The van der Waals surface area contributed by atoms with Gasteiger partial charge in [-0.1, -0.05) is 5.16 Å². The van der Waals surface area contributed by atoms with Crippen LogP contribution in [0.15, 0.2) is 11.5 Å². The van der Waals surface area contributed by atoms with Crippen molar-refractivity contribution in [3.63, 3.8) is 0 Å². The Bertz CT molecular complexity index is 193. The fourth-order valence-electron chi connectivity index (χ4n) is 0.481. The molecule has 53 valence electrons. The van der Waals surface area contributed by atoms with E-state index in [2.05, 4.69) is 26.5 Å². The summed E-state index contributed by atoms with van der Waals surface area (Å²) in [6.07, 6.45) is 5.76. The van der Waals surface area contributed by atoms with E-state index < -0.39 is 0 Å². The molecule has 0 aliphatic heterocycles. The van der Waals surface area contributed by atoms with Crippen molar-refractivity contribution >= 4 is 6.21 Å². The Morgan fingerprint density at radius 1 is 1.90 bits per heavy atom. The van der Waals surface area contributed by atoms with E-state index >= 15 is 0 Å². The van der Waals surface area contributed by atoms with Crippen molar-refractivity contribution in [3.8, 4) is 0 Å². The highest BCUT2D eigenvalue weighted by Gasteiger charge is 1.85. The second kappa shape index (κ2) is 3.60. The van der Waals surface area contributed by atoms with Crippen LogP contribution in [0.25, 0.3) is 0 Å². The molecule has 0 amide bonds. The number of oxime groups is 1. The molecule has 1 heterocycles. The normalized spacial score (nSPS) is 10.5. The van der Waals surface area contributed by atoms with Crippen molar-refractivity contribution in [3.05, 3.63) is 12.7 Å². The SMILES string of the molecule is CO/N=C/Cn1[c]nnc1. The van der Waals surface area contributed by atoms with Crippen molar-refractivity contribution in [1.82, 2.24) is 14.8 Å². The highest BCUT2D eigenvalue weighted by molar-refractivity contribution is 5.55. The summed E-state index contributed by atoms with van der Waals surface area (Å²) in [6.45, 7) is 0.584. The standard InChI is InChI=1S/C5H7N4O/c1-10-8-2-3-9-4-6-7-5-9/h2,4H,3H2,1H3/b8-2+. The van der Waals surface area contributed by atoms with Gasteiger partial charge in [0.1, 0.15) is 13.4 Å². The topological polar surface area (TPSA) is 52.3 Å². The molecule has 0 unspecified atom stereocenters. The molecular weight excluding hydrogens is 132 g/mol. The molecular formula is C5H7N4O. The van der Waals surface area contributed by atoms with Crippen LogP contribution in [-0.2, 0) is 11.4 Å². The smallest absolute Gasteiger partial charge is 0.202 e. The quantitative estimate of drug-likeness (QED) is 0.427. The van der Waals surface area contributed by atoms with Crippen LogP contribution in [0.1, 0.15) is 0 Å². The molecule has 1 radical (unpaired) electrons. The van der Waals surface area contributed by atoms with Crippen molar-refractivity contribution in [2.75, 3.05) is 7.11 Å². The molecule has 0 aromatic carbocycles. The molecule has 10 heavy (non-hydrogen) atoms. The Balaban J connectivity index is 2.34. The minimum absolute atomic E-state index is 0.584. The third-order valence-electron chi connectivity index (χ3n) is 0.880. The van der Waals surface area contributed by atoms with Gasteiger partial charge in [-0.3, -0.25) is 0 Å². The van der Waals surface area contributed by atoms with Crippen molar-refractivity contribution in [1.29, 1.82) is 0 Å². The number of rotatable bonds is 3. The van der Waals surface area contributed by atoms with Crippen LogP contribution in [0, 0.1) is 6.33 Å². The molecule has 1 aromatic heterocycles. The maximum absolute atomic E-state index is 4.44. The van der Waals surface area contributed by atoms with Gasteiger partial charge >= 0.3 is 0 Å². The second-order valence-electron chi connectivity index (χ2n) is 1.55. The monoisotopic (exact) mass is 139 g/mol. The van der Waals surface area contributed by atoms with Gasteiger partial charge in [0.25, 0.3) is 0 Å². The van der Waals surface area contributed by atoms with Crippen LogP contribution < -0.4 is 0 Å². The minimum atomic E-state index is 0.584. The van der Waals surface area contributed by atoms with Crippen LogP contribution in [-0.4, -0.2) is 28.1 Å². The van der Waals surface area contributed by atoms with E-state index in [1.165, 1.54) is 7.11 Å². The summed E-state index contributed by atoms with van der Waals surface area (Å²) >= 11 is 0. The Hall–Kier alpha value is -1.39. The molecule has 0 saturated heterocycles. The van der Waals surface area contributed by atoms with E-state index in [0.29, 0.717) is 6.54 Å². The van der Waals surface area contributed by atoms with Gasteiger partial charge < -0.3 is 9.40 Å². The Kier molecular flexibility index (Phi) is 2.42. The van der Waals surface area contributed by atoms with Gasteiger partial charge in [-0.05, 0) is 0 Å². The van der Waals surface area contributed by atoms with Gasteiger partial charge in [-0.25, -0.2) is 0 Å². The van der Waals surface area contributed by atoms with Crippen LogP contribution in [0.4, 0.5) is 0 Å². The lowest BCUT2D eigenvalue weighted by atomic mass is 10.7. The fraction of sp³-hybridized carbons (Fsp3) is 0.400. The minimum Gasteiger partial charge on any atom is -0.399 e. The van der Waals surface area contributed by atoms with Crippen molar-refractivity contribution in [2.24, 2.45) is 5.16 Å². The number of hydrogen-bond acceptors (Lipinski definition) is 4. The van der Waals surface area contributed by atoms with E-state index in [1.807, 2.05) is 0 Å². The molecule has 0 bridgehead atoms. The van der Waals surface area contributed by atoms with Crippen LogP contribution in [0.3, 0.4) is 0 Å². The molecule has 0 atom stereocenters. The van der Waals surface area contributed by atoms with E-state index in [1.54, 1.807) is 17.1 Å². The van der Waals surface area contributed by atoms with Gasteiger partial charge in [0, 0.05) is 0 Å². The van der Waals surface area contributed by atoms with Gasteiger partial charge in [-0.2, -0.15) is 0 Å². The van der Waals surface area contributed by atoms with E-state index in [-0.39, 0.29) is 0 Å². The molecule has 0 aliphatic carbocycles. The molecule has 0 spiro atoms. The first kappa shape index (κ1) is 6.73. The summed E-state index contributed by atoms with van der Waals surface area (Å²) in [4.78, 5) is 4.44. The maximum atomic E-state index is 4.44. The summed E-state index contributed by atoms with van der Waals surface area (Å²) in [5.74, 6) is 0. The lowest BCUT2D eigenvalue weighted by Crippen LogP contribution is -1.95. The zero-order valence-electron chi connectivity index (χ0n) is 5.56. The van der Waals surface area contributed by atoms with Crippen molar-refractivity contribution in [2.45, 2.75) is 6.54 Å². The lowest BCUT2D eigenvalue weighted by Gasteiger charge is -1.89. The Morgan fingerprint density at radius 3 is 3.40 bits per heavy atom. The molecule has 0 fully saturated rings. The number of nitrogens with zero attached hydrogens (tertiary/aromatic N) is 4. The fourth-order valence-corrected chi connectivity index (χ4v) is 0.481. The first-order valence-electron chi connectivity index (χ1n) is 2.74. The average molecular weight is 139 g/mol. The summed E-state index contributed by atoms with van der Waals surface area (Å²) in [5, 5.41) is 10.6. The molecule has 1 rings (SSSR count). The number of hydrogen-bond donors (Lipinski definition) is 0. The maximum Gasteiger partial charge on any atom is 0.202 e. The van der Waals surface area contributed by atoms with Gasteiger partial charge in [0.2, 0.25) is 6.33 Å². The van der Waals surface area contributed by atoms with E-state index in [0.717, 1.165) is 0 Å². The van der Waals surface area contributed by atoms with E-state index in [9.17, 15) is 0 Å². The summed E-state index contributed by atoms with van der Waals surface area (Å²) in [7, 11) is 1.49. The summed E-state index contributed by atoms with van der Waals surface area (Å²) < 4.78 is 1.66. The zero-order valence-corrected chi connectivity index (χ0v) is 5.56. The highest BCUT2D eigenvalue weighted by atomic mass is 16.6. The molecule has 0 N–H and O–H groups in total. The molecule has 5 nitrogen and oxygen atoms in total. The van der Waals surface area contributed by atoms with Crippen LogP contribution in [0.5, 0.6) is 0 Å². The van der Waals surface area contributed by atoms with Gasteiger partial charge in [-0.15, -0.1) is 10.2 Å². The largest absolute Gasteiger partial charge is 0.399 e. The third kappa shape index (κ3) is 1.85. The molecule has 0 saturated carbocycles. The molecule has 5 heteroatoms. The molecule has 0 aliphatic rings. The Morgan fingerprint density at radius 2 is 2.80 bits per heavy atom. The first-order valence-corrected chi connectivity index (χ1v) is 2.74. The lowest BCUT2D eigenvalue weighted by molar-refractivity contribution is 0.214. The van der Waals surface area contributed by atoms with Gasteiger partial charge in [0.05, 0.1) is 12.8 Å². The predicted octanol–water partition coefficient (Wildman–Crippen LogP) is -0.290. The first-order chi connectivity index (χ1) is 4.93. The summed E-state index contributed by atoms with van der Waals surface area (Å²) in [6, 6.07) is 0. The Labute approximate surface area is 58.3 Å². The zero-order chi connectivity index (χ0) is 7.23. The predicted molar refractivity (Wildman–Crippen MR) is 34.4 cm³/mol. The summed E-state index contributed by atoms with van der Waals surface area (Å²) in [5.41, 5.74) is 0. The highest BCUT2D eigenvalue weighted by Crippen LogP contribution is 1.77. The average Bonchev–Trinajstić information content (AvgIpc) is 2.41. The van der Waals surface area contributed by atoms with Crippen LogP contribution >= 0.6 is 0 Å². The van der Waals surface area contributed by atoms with Crippen LogP contribution in [0.2, 0.25) is 0 Å². The van der Waals surface area contributed by atoms with Crippen molar-refractivity contribution < 1.29 is 4.84 Å². The number of aromatic nitrogens is 3. The third-order valence-corrected chi connectivity index (χ3v) is 0.880. The van der Waals surface area contributed by atoms with E-state index in [4.69, 9.17) is 0 Å². The second-order valence-corrected chi connectivity index (χ2v) is 1.55.